The molecule has 0 radical (unpaired) electrons. The molecule has 3 heterocycles. The molecular weight excluding hydrogens is 358 g/mol. The average Bonchev–Trinajstić information content (AvgIpc) is 2.74. The Morgan fingerprint density at radius 1 is 1.32 bits per heavy atom. The third-order valence-electron chi connectivity index (χ3n) is 5.92. The summed E-state index contributed by atoms with van der Waals surface area (Å²) in [5.74, 6) is 0.261. The minimum Gasteiger partial charge on any atom is -0.385 e. The van der Waals surface area contributed by atoms with Crippen molar-refractivity contribution < 1.29 is 19.1 Å². The van der Waals surface area contributed by atoms with Crippen molar-refractivity contribution in [3.63, 3.8) is 0 Å². The number of nitrogens with one attached hydrogen (secondary N) is 1. The second-order valence-corrected chi connectivity index (χ2v) is 7.82. The van der Waals surface area contributed by atoms with Crippen LogP contribution in [0, 0.1) is 5.92 Å². The molecular formula is C21H31N3O4. The van der Waals surface area contributed by atoms with Crippen LogP contribution in [0.4, 0.5) is 0 Å². The van der Waals surface area contributed by atoms with E-state index in [1.165, 1.54) is 0 Å². The molecule has 0 spiro atoms. The molecule has 7 nitrogen and oxygen atoms in total. The van der Waals surface area contributed by atoms with Crippen molar-refractivity contribution in [3.8, 4) is 0 Å². The Hall–Kier alpha value is -1.99. The zero-order valence-corrected chi connectivity index (χ0v) is 16.7. The molecule has 154 valence electrons. The number of aromatic nitrogens is 1. The van der Waals surface area contributed by atoms with Crippen molar-refractivity contribution in [2.75, 3.05) is 40.0 Å². The standard InChI is InChI=1S/C21H31N3O4/c1-27-14-8-21(23-20(26)18-4-12-28-13-5-18)6-10-24(11-7-21)19(25)15-17-3-2-9-22-16-17/h2-3,9,16,18H,4-8,10-15H2,1H3,(H,23,26). The summed E-state index contributed by atoms with van der Waals surface area (Å²) < 4.78 is 10.7. The number of rotatable bonds is 7. The number of amides is 2. The highest BCUT2D eigenvalue weighted by atomic mass is 16.5. The van der Waals surface area contributed by atoms with Gasteiger partial charge in [0.1, 0.15) is 0 Å². The summed E-state index contributed by atoms with van der Waals surface area (Å²) in [5.41, 5.74) is 0.632. The van der Waals surface area contributed by atoms with E-state index in [0.717, 1.165) is 37.7 Å². The number of likely N-dealkylation sites (tertiary alicyclic amines) is 1. The van der Waals surface area contributed by atoms with E-state index < -0.39 is 0 Å². The molecule has 7 heteroatoms. The molecule has 1 aromatic heterocycles. The molecule has 28 heavy (non-hydrogen) atoms. The zero-order chi connectivity index (χ0) is 19.8. The van der Waals surface area contributed by atoms with Crippen molar-refractivity contribution in [3.05, 3.63) is 30.1 Å². The zero-order valence-electron chi connectivity index (χ0n) is 16.7. The summed E-state index contributed by atoms with van der Waals surface area (Å²) in [4.78, 5) is 31.4. The van der Waals surface area contributed by atoms with E-state index in [2.05, 4.69) is 10.3 Å². The normalized spacial score (nSPS) is 20.0. The van der Waals surface area contributed by atoms with E-state index in [1.54, 1.807) is 19.5 Å². The number of carbonyl (C=O) groups is 2. The summed E-state index contributed by atoms with van der Waals surface area (Å²) in [5, 5.41) is 3.32. The summed E-state index contributed by atoms with van der Waals surface area (Å²) in [6.07, 6.45) is 7.65. The number of hydrogen-bond acceptors (Lipinski definition) is 5. The van der Waals surface area contributed by atoms with Gasteiger partial charge < -0.3 is 19.7 Å². The second kappa shape index (κ2) is 9.98. The Kier molecular flexibility index (Phi) is 7.39. The van der Waals surface area contributed by atoms with Crippen LogP contribution in [0.3, 0.4) is 0 Å². The van der Waals surface area contributed by atoms with Crippen LogP contribution in [-0.4, -0.2) is 67.3 Å². The SMILES string of the molecule is COCCC1(NC(=O)C2CCOCC2)CCN(C(=O)Cc2cccnc2)CC1. The number of nitrogens with zero attached hydrogens (tertiary/aromatic N) is 2. The van der Waals surface area contributed by atoms with Crippen LogP contribution in [0.15, 0.2) is 24.5 Å². The molecule has 2 aliphatic heterocycles. The summed E-state index contributed by atoms with van der Waals surface area (Å²) in [6, 6.07) is 3.77. The first-order chi connectivity index (χ1) is 13.6. The van der Waals surface area contributed by atoms with Crippen molar-refractivity contribution in [2.45, 2.75) is 44.1 Å². The molecule has 2 saturated heterocycles. The van der Waals surface area contributed by atoms with Gasteiger partial charge in [-0.05, 0) is 43.7 Å². The van der Waals surface area contributed by atoms with Gasteiger partial charge in [0, 0.05) is 63.9 Å². The maximum atomic E-state index is 12.8. The molecule has 2 aliphatic rings. The van der Waals surface area contributed by atoms with E-state index in [0.29, 0.717) is 39.3 Å². The maximum absolute atomic E-state index is 12.8. The van der Waals surface area contributed by atoms with Gasteiger partial charge >= 0.3 is 0 Å². The van der Waals surface area contributed by atoms with Crippen molar-refractivity contribution in [1.29, 1.82) is 0 Å². The Balaban J connectivity index is 1.57. The smallest absolute Gasteiger partial charge is 0.227 e. The number of hydrogen-bond donors (Lipinski definition) is 1. The molecule has 2 fully saturated rings. The third kappa shape index (κ3) is 5.52. The van der Waals surface area contributed by atoms with E-state index in [-0.39, 0.29) is 23.3 Å². The molecule has 0 saturated carbocycles. The quantitative estimate of drug-likeness (QED) is 0.766. The predicted molar refractivity (Wildman–Crippen MR) is 105 cm³/mol. The molecule has 1 N–H and O–H groups in total. The van der Waals surface area contributed by atoms with E-state index in [4.69, 9.17) is 9.47 Å². The molecule has 0 aromatic carbocycles. The lowest BCUT2D eigenvalue weighted by Gasteiger charge is -2.43. The maximum Gasteiger partial charge on any atom is 0.227 e. The van der Waals surface area contributed by atoms with Crippen LogP contribution < -0.4 is 5.32 Å². The minimum absolute atomic E-state index is 0.0263. The first-order valence-electron chi connectivity index (χ1n) is 10.2. The fourth-order valence-corrected chi connectivity index (χ4v) is 4.03. The van der Waals surface area contributed by atoms with Crippen molar-refractivity contribution in [1.82, 2.24) is 15.2 Å². The molecule has 0 unspecified atom stereocenters. The Labute approximate surface area is 166 Å². The summed E-state index contributed by atoms with van der Waals surface area (Å²) in [7, 11) is 1.68. The summed E-state index contributed by atoms with van der Waals surface area (Å²) >= 11 is 0. The van der Waals surface area contributed by atoms with Gasteiger partial charge in [0.05, 0.1) is 6.42 Å². The van der Waals surface area contributed by atoms with E-state index >= 15 is 0 Å². The average molecular weight is 389 g/mol. The largest absolute Gasteiger partial charge is 0.385 e. The fraction of sp³-hybridized carbons (Fsp3) is 0.667. The van der Waals surface area contributed by atoms with Gasteiger partial charge in [-0.3, -0.25) is 14.6 Å². The van der Waals surface area contributed by atoms with Crippen LogP contribution in [0.5, 0.6) is 0 Å². The van der Waals surface area contributed by atoms with Gasteiger partial charge in [0.15, 0.2) is 0 Å². The fourth-order valence-electron chi connectivity index (χ4n) is 4.03. The van der Waals surface area contributed by atoms with Gasteiger partial charge in [-0.2, -0.15) is 0 Å². The molecule has 0 atom stereocenters. The van der Waals surface area contributed by atoms with Gasteiger partial charge in [0.25, 0.3) is 0 Å². The van der Waals surface area contributed by atoms with Gasteiger partial charge in [-0.1, -0.05) is 6.07 Å². The van der Waals surface area contributed by atoms with Crippen LogP contribution in [0.1, 0.15) is 37.7 Å². The van der Waals surface area contributed by atoms with Gasteiger partial charge in [-0.25, -0.2) is 0 Å². The number of pyridine rings is 1. The molecule has 0 aliphatic carbocycles. The predicted octanol–water partition coefficient (Wildman–Crippen LogP) is 1.56. The van der Waals surface area contributed by atoms with Gasteiger partial charge in [0.2, 0.25) is 11.8 Å². The molecule has 2 amide bonds. The number of piperidine rings is 1. The van der Waals surface area contributed by atoms with E-state index in [9.17, 15) is 9.59 Å². The Morgan fingerprint density at radius 3 is 2.71 bits per heavy atom. The topological polar surface area (TPSA) is 80.8 Å². The molecule has 1 aromatic rings. The lowest BCUT2D eigenvalue weighted by molar-refractivity contribution is -0.134. The third-order valence-corrected chi connectivity index (χ3v) is 5.92. The number of ether oxygens (including phenoxy) is 2. The van der Waals surface area contributed by atoms with Crippen LogP contribution in [-0.2, 0) is 25.5 Å². The number of carbonyl (C=O) groups excluding carboxylic acids is 2. The molecule has 3 rings (SSSR count). The highest BCUT2D eigenvalue weighted by molar-refractivity contribution is 5.80. The van der Waals surface area contributed by atoms with Crippen LogP contribution >= 0.6 is 0 Å². The minimum atomic E-state index is -0.295. The lowest BCUT2D eigenvalue weighted by Crippen LogP contribution is -2.58. The van der Waals surface area contributed by atoms with Crippen molar-refractivity contribution >= 4 is 11.8 Å². The first-order valence-corrected chi connectivity index (χ1v) is 10.2. The first kappa shape index (κ1) is 20.7. The Bertz CT molecular complexity index is 638. The highest BCUT2D eigenvalue weighted by Gasteiger charge is 2.38. The van der Waals surface area contributed by atoms with Crippen LogP contribution in [0.2, 0.25) is 0 Å². The van der Waals surface area contributed by atoms with Gasteiger partial charge in [-0.15, -0.1) is 0 Å². The highest BCUT2D eigenvalue weighted by Crippen LogP contribution is 2.28. The second-order valence-electron chi connectivity index (χ2n) is 7.82. The summed E-state index contributed by atoms with van der Waals surface area (Å²) in [6.45, 7) is 3.20. The Morgan fingerprint density at radius 2 is 2.07 bits per heavy atom. The van der Waals surface area contributed by atoms with Crippen molar-refractivity contribution in [2.24, 2.45) is 5.92 Å². The lowest BCUT2D eigenvalue weighted by atomic mass is 9.83. The number of methoxy groups -OCH3 is 1. The van der Waals surface area contributed by atoms with E-state index in [1.807, 2.05) is 17.0 Å². The van der Waals surface area contributed by atoms with Crippen LogP contribution in [0.25, 0.3) is 0 Å². The molecule has 0 bridgehead atoms. The monoisotopic (exact) mass is 389 g/mol.